The molecule has 0 saturated heterocycles. The molecule has 126 valence electrons. The molecule has 0 amide bonds. The van der Waals surface area contributed by atoms with Crippen molar-refractivity contribution in [3.8, 4) is 0 Å². The average Bonchev–Trinajstić information content (AvgIpc) is 1.77. The first-order chi connectivity index (χ1) is 7.00. The summed E-state index contributed by atoms with van der Waals surface area (Å²) in [5, 5.41) is 0. The van der Waals surface area contributed by atoms with Gasteiger partial charge in [-0.05, 0) is 0 Å². The van der Waals surface area contributed by atoms with E-state index < -0.39 is 31.2 Å². The smallest absolute Gasteiger partial charge is 0.759 e. The van der Waals surface area contributed by atoms with E-state index in [-0.39, 0.29) is 75.5 Å². The van der Waals surface area contributed by atoms with E-state index in [4.69, 9.17) is 52.6 Å². The second-order valence-electron chi connectivity index (χ2n) is 1.22. The van der Waals surface area contributed by atoms with Gasteiger partial charge in [-0.25, -0.2) is 0 Å². The number of hydrogen-bond donors (Lipinski definition) is 2. The minimum atomic E-state index is -5.17. The molecule has 0 atom stereocenters. The zero-order chi connectivity index (χ0) is 15.5. The van der Waals surface area contributed by atoms with E-state index in [9.17, 15) is 0 Å². The molecule has 0 spiro atoms. The molecule has 0 bridgehead atoms. The summed E-state index contributed by atoms with van der Waals surface area (Å²) in [5.74, 6) is 8.00. The Morgan fingerprint density at radius 2 is 0.474 bits per heavy atom. The van der Waals surface area contributed by atoms with Gasteiger partial charge in [0.05, 0.1) is 0 Å². The Morgan fingerprint density at radius 1 is 0.474 bits per heavy atom. The molecule has 4 N–H and O–H groups in total. The molecule has 0 radical (unpaired) electrons. The molecular formula is H4Ho2N2O12S3. The van der Waals surface area contributed by atoms with Crippen LogP contribution in [0.1, 0.15) is 0 Å². The summed E-state index contributed by atoms with van der Waals surface area (Å²) < 4.78 is 102. The second kappa shape index (κ2) is 18.1. The number of hydrazine groups is 1. The van der Waals surface area contributed by atoms with Gasteiger partial charge in [0.25, 0.3) is 0 Å². The van der Waals surface area contributed by atoms with E-state index in [1.54, 1.807) is 0 Å². The van der Waals surface area contributed by atoms with E-state index in [0.29, 0.717) is 0 Å². The standard InChI is InChI=1S/2Ho.H4N2.3H2O4S/c;;1-2;3*1-5(2,3)4/h;;1-2H2;3*(H2,1,2,3,4)/q2*+3;;;;/p-6. The van der Waals surface area contributed by atoms with Crippen LogP contribution in [0, 0.1) is 75.5 Å². The fourth-order valence-electron chi connectivity index (χ4n) is 0. The minimum Gasteiger partial charge on any atom is -0.759 e. The van der Waals surface area contributed by atoms with Crippen molar-refractivity contribution in [2.75, 3.05) is 0 Å². The predicted octanol–water partition coefficient (Wildman–Crippen LogP) is -5.20. The maximum Gasteiger partial charge on any atom is 3.00 e. The van der Waals surface area contributed by atoms with Crippen LogP contribution in [0.2, 0.25) is 0 Å². The van der Waals surface area contributed by atoms with Gasteiger partial charge in [0.15, 0.2) is 0 Å². The van der Waals surface area contributed by atoms with Crippen LogP contribution >= 0.6 is 0 Å². The van der Waals surface area contributed by atoms with Crippen molar-refractivity contribution in [1.82, 2.24) is 0 Å². The zero-order valence-electron chi connectivity index (χ0n) is 7.88. The summed E-state index contributed by atoms with van der Waals surface area (Å²) in [4.78, 5) is 0. The zero-order valence-corrected chi connectivity index (χ0v) is 14.2. The van der Waals surface area contributed by atoms with Gasteiger partial charge in [-0.1, -0.05) is 0 Å². The Balaban J connectivity index is -0.0000000298. The SMILES string of the molecule is NN.O=S(=O)([O-])[O-].O=S(=O)([O-])[O-].O=S(=O)([O-])[O-].[Ho+3].[Ho+3]. The summed E-state index contributed by atoms with van der Waals surface area (Å²) in [7, 11) is -15.5. The molecule has 0 unspecified atom stereocenters. The second-order valence-corrected chi connectivity index (χ2v) is 3.67. The summed E-state index contributed by atoms with van der Waals surface area (Å²) in [6.07, 6.45) is 0. The molecule has 0 aliphatic heterocycles. The largest absolute Gasteiger partial charge is 3.00 e. The van der Waals surface area contributed by atoms with Crippen molar-refractivity contribution in [2.24, 2.45) is 11.7 Å². The maximum absolute atomic E-state index is 8.52. The predicted molar refractivity (Wildman–Crippen MR) is 39.8 cm³/mol. The molecule has 0 rings (SSSR count). The normalized spacial score (nSPS) is 9.47. The van der Waals surface area contributed by atoms with Gasteiger partial charge in [-0.3, -0.25) is 36.9 Å². The molecule has 0 saturated carbocycles. The van der Waals surface area contributed by atoms with E-state index in [1.807, 2.05) is 0 Å². The monoisotopic (exact) mass is 650 g/mol. The Kier molecular flexibility index (Phi) is 35.6. The maximum atomic E-state index is 8.52. The van der Waals surface area contributed by atoms with Gasteiger partial charge in [0, 0.05) is 31.2 Å². The molecule has 0 aromatic carbocycles. The van der Waals surface area contributed by atoms with Crippen LogP contribution < -0.4 is 11.7 Å². The average molecular weight is 650 g/mol. The fraction of sp³-hybridized carbons (Fsp3) is 0. The Labute approximate surface area is 168 Å². The third-order valence-corrected chi connectivity index (χ3v) is 0. The Morgan fingerprint density at radius 3 is 0.474 bits per heavy atom. The minimum absolute atomic E-state index is 0. The van der Waals surface area contributed by atoms with E-state index in [2.05, 4.69) is 11.7 Å². The molecule has 0 aromatic rings. The molecule has 0 aromatic heterocycles. The van der Waals surface area contributed by atoms with Gasteiger partial charge in [-0.2, -0.15) is 0 Å². The first-order valence-corrected chi connectivity index (χ1v) is 6.33. The molecule has 19 heavy (non-hydrogen) atoms. The van der Waals surface area contributed by atoms with Gasteiger partial charge in [-0.15, -0.1) is 0 Å². The van der Waals surface area contributed by atoms with Gasteiger partial charge in [0.1, 0.15) is 0 Å². The van der Waals surface area contributed by atoms with Crippen LogP contribution in [0.5, 0.6) is 0 Å². The van der Waals surface area contributed by atoms with Crippen molar-refractivity contribution >= 4 is 31.2 Å². The first-order valence-electron chi connectivity index (χ1n) is 2.33. The van der Waals surface area contributed by atoms with Crippen molar-refractivity contribution < 1.29 is 128 Å². The third-order valence-electron chi connectivity index (χ3n) is 0. The molecule has 19 heteroatoms. The van der Waals surface area contributed by atoms with Crippen LogP contribution in [0.3, 0.4) is 0 Å². The molecule has 0 fully saturated rings. The third kappa shape index (κ3) is 1560. The van der Waals surface area contributed by atoms with Crippen LogP contribution in [0.15, 0.2) is 0 Å². The first kappa shape index (κ1) is 37.4. The van der Waals surface area contributed by atoms with Crippen LogP contribution in [0.25, 0.3) is 0 Å². The number of nitrogens with two attached hydrogens (primary N) is 2. The molecule has 0 aliphatic carbocycles. The van der Waals surface area contributed by atoms with Crippen LogP contribution in [0.4, 0.5) is 0 Å². The number of rotatable bonds is 0. The van der Waals surface area contributed by atoms with E-state index in [1.165, 1.54) is 0 Å². The molecular weight excluding hydrogens is 646 g/mol. The van der Waals surface area contributed by atoms with E-state index in [0.717, 1.165) is 0 Å². The summed E-state index contributed by atoms with van der Waals surface area (Å²) >= 11 is 0. The Hall–Kier alpha value is 2.05. The van der Waals surface area contributed by atoms with Gasteiger partial charge < -0.3 is 27.3 Å². The quantitative estimate of drug-likeness (QED) is 0.0815. The van der Waals surface area contributed by atoms with Crippen molar-refractivity contribution in [1.29, 1.82) is 0 Å². The van der Waals surface area contributed by atoms with Crippen LogP contribution in [-0.4, -0.2) is 52.6 Å². The van der Waals surface area contributed by atoms with Gasteiger partial charge in [0.2, 0.25) is 0 Å². The molecule has 14 nitrogen and oxygen atoms in total. The van der Waals surface area contributed by atoms with Crippen LogP contribution in [-0.2, 0) is 31.2 Å². The summed E-state index contributed by atoms with van der Waals surface area (Å²) in [5.41, 5.74) is 0. The summed E-state index contributed by atoms with van der Waals surface area (Å²) in [6.45, 7) is 0. The van der Waals surface area contributed by atoms with E-state index >= 15 is 0 Å². The molecule has 0 aliphatic rings. The Bertz CT molecular complexity index is 350. The van der Waals surface area contributed by atoms with Crippen molar-refractivity contribution in [3.63, 3.8) is 0 Å². The molecule has 0 heterocycles. The van der Waals surface area contributed by atoms with Crippen molar-refractivity contribution in [2.45, 2.75) is 0 Å². The fourth-order valence-corrected chi connectivity index (χ4v) is 0. The van der Waals surface area contributed by atoms with Crippen molar-refractivity contribution in [3.05, 3.63) is 0 Å². The van der Waals surface area contributed by atoms with Gasteiger partial charge >= 0.3 is 75.5 Å². The summed E-state index contributed by atoms with van der Waals surface area (Å²) in [6, 6.07) is 0. The topological polar surface area (TPSA) is 293 Å². The number of hydrogen-bond acceptors (Lipinski definition) is 14.